The molecule has 3 N–H and O–H groups in total. The number of rotatable bonds is 10. The summed E-state index contributed by atoms with van der Waals surface area (Å²) in [5.41, 5.74) is 10.1. The van der Waals surface area contributed by atoms with Gasteiger partial charge in [0.2, 0.25) is 0 Å². The molecule has 0 aliphatic carbocycles. The van der Waals surface area contributed by atoms with Crippen LogP contribution >= 0.6 is 0 Å². The van der Waals surface area contributed by atoms with Crippen molar-refractivity contribution in [2.24, 2.45) is 5.73 Å². The van der Waals surface area contributed by atoms with Gasteiger partial charge in [0.25, 0.3) is 0 Å². The molecule has 5 heteroatoms. The van der Waals surface area contributed by atoms with Gasteiger partial charge in [-0.2, -0.15) is 5.10 Å². The van der Waals surface area contributed by atoms with Crippen LogP contribution in [0.3, 0.4) is 0 Å². The lowest BCUT2D eigenvalue weighted by molar-refractivity contribution is 0.0371. The molecule has 1 aliphatic rings. The number of benzene rings is 1. The number of hydrogen-bond donors (Lipinski definition) is 2. The molecule has 1 unspecified atom stereocenters. The highest BCUT2D eigenvalue weighted by Crippen LogP contribution is 2.23. The van der Waals surface area contributed by atoms with E-state index in [2.05, 4.69) is 39.4 Å². The minimum absolute atomic E-state index is 0.319. The fraction of sp³-hybridized carbons (Fsp3) is 0.571. The van der Waals surface area contributed by atoms with Crippen LogP contribution in [0.15, 0.2) is 36.5 Å². The normalized spacial score (nSPS) is 16.7. The van der Waals surface area contributed by atoms with Gasteiger partial charge >= 0.3 is 0 Å². The number of nitrogens with one attached hydrogen (secondary N) is 1. The summed E-state index contributed by atoms with van der Waals surface area (Å²) in [5.74, 6) is 0. The van der Waals surface area contributed by atoms with E-state index < -0.39 is 0 Å². The summed E-state index contributed by atoms with van der Waals surface area (Å²) >= 11 is 0. The van der Waals surface area contributed by atoms with Crippen molar-refractivity contribution in [2.75, 3.05) is 32.8 Å². The van der Waals surface area contributed by atoms with Crippen LogP contribution in [-0.4, -0.2) is 54.0 Å². The Hall–Kier alpha value is -1.69. The first-order chi connectivity index (χ1) is 12.8. The third-order valence-corrected chi connectivity index (χ3v) is 5.23. The maximum Gasteiger partial charge on any atom is 0.0652 e. The molecule has 0 saturated carbocycles. The number of hydrogen-bond acceptors (Lipinski definition) is 4. The van der Waals surface area contributed by atoms with E-state index in [0.717, 1.165) is 57.7 Å². The Morgan fingerprint density at radius 3 is 2.69 bits per heavy atom. The Labute approximate surface area is 156 Å². The highest BCUT2D eigenvalue weighted by atomic mass is 16.5. The molecule has 1 fully saturated rings. The standard InChI is InChI=1S/C21H32N4O/c22-19(8-3-4-13-25-14-16-26-17-15-25)9-5-7-18-6-1-2-10-20(18)21-11-12-23-24-21/h1-2,6,10-12,19H,3-5,7-9,13-17,22H2,(H,23,24). The zero-order chi connectivity index (χ0) is 18.0. The molecule has 142 valence electrons. The first kappa shape index (κ1) is 19.1. The summed E-state index contributed by atoms with van der Waals surface area (Å²) in [6, 6.07) is 10.9. The molecule has 0 radical (unpaired) electrons. The number of nitrogens with two attached hydrogens (primary N) is 1. The zero-order valence-corrected chi connectivity index (χ0v) is 15.7. The molecule has 2 heterocycles. The molecular formula is C21H32N4O. The molecule has 5 nitrogen and oxygen atoms in total. The molecule has 26 heavy (non-hydrogen) atoms. The van der Waals surface area contributed by atoms with Crippen molar-refractivity contribution in [3.63, 3.8) is 0 Å². The van der Waals surface area contributed by atoms with Gasteiger partial charge in [-0.1, -0.05) is 30.7 Å². The van der Waals surface area contributed by atoms with Crippen LogP contribution in [0, 0.1) is 0 Å². The van der Waals surface area contributed by atoms with E-state index in [9.17, 15) is 0 Å². The second kappa shape index (κ2) is 10.5. The lowest BCUT2D eigenvalue weighted by atomic mass is 9.97. The van der Waals surface area contributed by atoms with Crippen molar-refractivity contribution in [1.82, 2.24) is 15.1 Å². The molecule has 1 saturated heterocycles. The molecule has 0 spiro atoms. The summed E-state index contributed by atoms with van der Waals surface area (Å²) in [4.78, 5) is 2.50. The van der Waals surface area contributed by atoms with Crippen molar-refractivity contribution in [1.29, 1.82) is 0 Å². The monoisotopic (exact) mass is 356 g/mol. The number of ether oxygens (including phenoxy) is 1. The lowest BCUT2D eigenvalue weighted by Gasteiger charge is -2.26. The lowest BCUT2D eigenvalue weighted by Crippen LogP contribution is -2.36. The molecule has 0 amide bonds. The summed E-state index contributed by atoms with van der Waals surface area (Å²) in [6.45, 7) is 5.14. The fourth-order valence-corrected chi connectivity index (χ4v) is 3.67. The Balaban J connectivity index is 1.33. The first-order valence-electron chi connectivity index (χ1n) is 9.96. The van der Waals surface area contributed by atoms with Gasteiger partial charge < -0.3 is 10.5 Å². The number of H-pyrrole nitrogens is 1. The average Bonchev–Trinajstić information content (AvgIpc) is 3.21. The SMILES string of the molecule is NC(CCCCN1CCOCC1)CCCc1ccccc1-c1ccn[nH]1. The van der Waals surface area contributed by atoms with Crippen LogP contribution in [0.5, 0.6) is 0 Å². The number of aryl methyl sites for hydroxylation is 1. The third-order valence-electron chi connectivity index (χ3n) is 5.23. The Bertz CT molecular complexity index is 623. The number of morpholine rings is 1. The fourth-order valence-electron chi connectivity index (χ4n) is 3.67. The highest BCUT2D eigenvalue weighted by Gasteiger charge is 2.10. The summed E-state index contributed by atoms with van der Waals surface area (Å²) in [6.07, 6.45) is 8.70. The van der Waals surface area contributed by atoms with Crippen LogP contribution in [0.2, 0.25) is 0 Å². The van der Waals surface area contributed by atoms with E-state index in [1.165, 1.54) is 30.5 Å². The largest absolute Gasteiger partial charge is 0.379 e. The molecule has 3 rings (SSSR count). The minimum Gasteiger partial charge on any atom is -0.379 e. The van der Waals surface area contributed by atoms with Crippen molar-refractivity contribution in [3.8, 4) is 11.3 Å². The Morgan fingerprint density at radius 1 is 1.08 bits per heavy atom. The quantitative estimate of drug-likeness (QED) is 0.642. The molecular weight excluding hydrogens is 324 g/mol. The molecule has 1 aromatic carbocycles. The van der Waals surface area contributed by atoms with Gasteiger partial charge in [-0.05, 0) is 50.3 Å². The smallest absolute Gasteiger partial charge is 0.0652 e. The van der Waals surface area contributed by atoms with Gasteiger partial charge in [-0.15, -0.1) is 0 Å². The third kappa shape index (κ3) is 5.94. The van der Waals surface area contributed by atoms with Crippen LogP contribution in [-0.2, 0) is 11.2 Å². The van der Waals surface area contributed by atoms with Crippen molar-refractivity contribution < 1.29 is 4.74 Å². The molecule has 1 aliphatic heterocycles. The van der Waals surface area contributed by atoms with E-state index in [-0.39, 0.29) is 0 Å². The molecule has 1 aromatic heterocycles. The van der Waals surface area contributed by atoms with E-state index in [4.69, 9.17) is 10.5 Å². The van der Waals surface area contributed by atoms with E-state index >= 15 is 0 Å². The van der Waals surface area contributed by atoms with E-state index in [0.29, 0.717) is 6.04 Å². The molecule has 0 bridgehead atoms. The zero-order valence-electron chi connectivity index (χ0n) is 15.7. The number of nitrogens with zero attached hydrogens (tertiary/aromatic N) is 2. The van der Waals surface area contributed by atoms with Crippen LogP contribution in [0.4, 0.5) is 0 Å². The topological polar surface area (TPSA) is 67.2 Å². The number of aromatic amines is 1. The van der Waals surface area contributed by atoms with Gasteiger partial charge in [0.05, 0.1) is 18.9 Å². The number of aromatic nitrogens is 2. The predicted octanol–water partition coefficient (Wildman–Crippen LogP) is 3.23. The van der Waals surface area contributed by atoms with Crippen molar-refractivity contribution >= 4 is 0 Å². The van der Waals surface area contributed by atoms with Gasteiger partial charge in [0.15, 0.2) is 0 Å². The average molecular weight is 357 g/mol. The summed E-state index contributed by atoms with van der Waals surface area (Å²) in [5, 5.41) is 7.14. The first-order valence-corrected chi connectivity index (χ1v) is 9.96. The Kier molecular flexibility index (Phi) is 7.67. The van der Waals surface area contributed by atoms with E-state index in [1.54, 1.807) is 6.20 Å². The minimum atomic E-state index is 0.319. The number of unbranched alkanes of at least 4 members (excludes halogenated alkanes) is 1. The predicted molar refractivity (Wildman–Crippen MR) is 106 cm³/mol. The van der Waals surface area contributed by atoms with Crippen LogP contribution < -0.4 is 5.73 Å². The summed E-state index contributed by atoms with van der Waals surface area (Å²) < 4.78 is 5.39. The molecule has 1 atom stereocenters. The second-order valence-electron chi connectivity index (χ2n) is 7.23. The van der Waals surface area contributed by atoms with Crippen molar-refractivity contribution in [3.05, 3.63) is 42.1 Å². The summed E-state index contributed by atoms with van der Waals surface area (Å²) in [7, 11) is 0. The Morgan fingerprint density at radius 2 is 1.88 bits per heavy atom. The maximum atomic E-state index is 6.34. The van der Waals surface area contributed by atoms with Crippen LogP contribution in [0.1, 0.15) is 37.7 Å². The van der Waals surface area contributed by atoms with E-state index in [1.807, 2.05) is 6.07 Å². The van der Waals surface area contributed by atoms with Gasteiger partial charge in [-0.3, -0.25) is 10.00 Å². The van der Waals surface area contributed by atoms with Crippen LogP contribution in [0.25, 0.3) is 11.3 Å². The maximum absolute atomic E-state index is 6.34. The van der Waals surface area contributed by atoms with Crippen molar-refractivity contribution in [2.45, 2.75) is 44.6 Å². The second-order valence-corrected chi connectivity index (χ2v) is 7.23. The van der Waals surface area contributed by atoms with Gasteiger partial charge in [-0.25, -0.2) is 0 Å². The highest BCUT2D eigenvalue weighted by molar-refractivity contribution is 5.63. The van der Waals surface area contributed by atoms with Gasteiger partial charge in [0, 0.05) is 30.9 Å². The van der Waals surface area contributed by atoms with Gasteiger partial charge in [0.1, 0.15) is 0 Å². The molecule has 2 aromatic rings.